The number of anilines is 4. The first-order chi connectivity index (χ1) is 22.8. The van der Waals surface area contributed by atoms with E-state index in [9.17, 15) is 0 Å². The minimum absolute atomic E-state index is 0.696. The molecule has 0 radical (unpaired) electrons. The zero-order valence-corrected chi connectivity index (χ0v) is 25.2. The van der Waals surface area contributed by atoms with Crippen molar-refractivity contribution in [3.05, 3.63) is 164 Å². The molecule has 7 aromatic rings. The van der Waals surface area contributed by atoms with Gasteiger partial charge in [-0.25, -0.2) is 15.0 Å². The van der Waals surface area contributed by atoms with E-state index in [0.717, 1.165) is 74.5 Å². The number of benzene rings is 4. The highest BCUT2D eigenvalue weighted by Crippen LogP contribution is 2.41. The number of nitrogens with zero attached hydrogens (tertiary/aromatic N) is 5. The highest BCUT2D eigenvalue weighted by atomic mass is 15.3. The van der Waals surface area contributed by atoms with Crippen molar-refractivity contribution in [2.24, 2.45) is 0 Å². The molecular weight excluding hydrogens is 562 g/mol. The van der Waals surface area contributed by atoms with Gasteiger partial charge in [-0.3, -0.25) is 0 Å². The molecule has 0 saturated carbocycles. The Morgan fingerprint density at radius 2 is 0.826 bits per heavy atom. The second-order valence-corrected chi connectivity index (χ2v) is 11.3. The van der Waals surface area contributed by atoms with Crippen molar-refractivity contribution < 1.29 is 0 Å². The van der Waals surface area contributed by atoms with Crippen molar-refractivity contribution in [3.8, 4) is 44.8 Å². The average Bonchev–Trinajstić information content (AvgIpc) is 3.15. The summed E-state index contributed by atoms with van der Waals surface area (Å²) >= 11 is 0. The van der Waals surface area contributed by atoms with Crippen molar-refractivity contribution in [2.45, 2.75) is 0 Å². The van der Waals surface area contributed by atoms with E-state index in [-0.39, 0.29) is 0 Å². The predicted molar refractivity (Wildman–Crippen MR) is 188 cm³/mol. The molecule has 5 nitrogen and oxygen atoms in total. The highest BCUT2D eigenvalue weighted by Gasteiger charge is 2.28. The number of pyridine rings is 3. The summed E-state index contributed by atoms with van der Waals surface area (Å²) in [6, 6.07) is 54.6. The van der Waals surface area contributed by atoms with Crippen LogP contribution in [0, 0.1) is 0 Å². The lowest BCUT2D eigenvalue weighted by molar-refractivity contribution is 0.815. The van der Waals surface area contributed by atoms with Crippen LogP contribution < -0.4 is 9.80 Å². The van der Waals surface area contributed by atoms with Crippen LogP contribution in [-0.4, -0.2) is 28.0 Å². The summed E-state index contributed by atoms with van der Waals surface area (Å²) in [5.41, 5.74) is 9.59. The Bertz CT molecular complexity index is 1830. The van der Waals surface area contributed by atoms with Crippen LogP contribution in [0.15, 0.2) is 164 Å². The molecule has 0 amide bonds. The molecule has 8 rings (SSSR count). The topological polar surface area (TPSA) is 45.2 Å². The Kier molecular flexibility index (Phi) is 7.25. The van der Waals surface area contributed by atoms with Gasteiger partial charge in [0.1, 0.15) is 11.6 Å². The van der Waals surface area contributed by atoms with E-state index >= 15 is 0 Å². The molecule has 0 aliphatic carbocycles. The van der Waals surface area contributed by atoms with Gasteiger partial charge in [-0.15, -0.1) is 0 Å². The smallest absolute Gasteiger partial charge is 0.158 e. The number of hydrogen-bond donors (Lipinski definition) is 0. The molecule has 4 heterocycles. The van der Waals surface area contributed by atoms with E-state index in [4.69, 9.17) is 15.0 Å². The molecule has 1 aliphatic heterocycles. The third kappa shape index (κ3) is 5.39. The fourth-order valence-corrected chi connectivity index (χ4v) is 6.11. The molecule has 3 aromatic heterocycles. The molecule has 0 unspecified atom stereocenters. The average molecular weight is 594 g/mol. The maximum Gasteiger partial charge on any atom is 0.158 e. The molecule has 0 fully saturated rings. The molecule has 0 spiro atoms. The minimum Gasteiger partial charge on any atom is -0.321 e. The van der Waals surface area contributed by atoms with Crippen LogP contribution in [0.25, 0.3) is 44.8 Å². The normalized spacial score (nSPS) is 12.5. The zero-order chi connectivity index (χ0) is 30.7. The lowest BCUT2D eigenvalue weighted by Crippen LogP contribution is -2.37. The summed E-state index contributed by atoms with van der Waals surface area (Å²) in [6.07, 6.45) is 1.86. The van der Waals surface area contributed by atoms with Crippen LogP contribution in [0.1, 0.15) is 0 Å². The minimum atomic E-state index is 0.696. The van der Waals surface area contributed by atoms with Gasteiger partial charge in [0.25, 0.3) is 0 Å². The summed E-state index contributed by atoms with van der Waals surface area (Å²) in [7, 11) is 0. The van der Waals surface area contributed by atoms with Gasteiger partial charge in [0, 0.05) is 30.4 Å². The van der Waals surface area contributed by atoms with E-state index in [0.29, 0.717) is 6.54 Å². The molecule has 0 bridgehead atoms. The van der Waals surface area contributed by atoms with Crippen LogP contribution in [0.3, 0.4) is 0 Å². The second kappa shape index (κ2) is 12.1. The Hall–Kier alpha value is -6.07. The molecule has 4 aromatic carbocycles. The number of rotatable bonds is 6. The number of hydrogen-bond acceptors (Lipinski definition) is 5. The molecule has 1 aliphatic rings. The molecule has 46 heavy (non-hydrogen) atoms. The first kappa shape index (κ1) is 27.5. The molecule has 0 N–H and O–H groups in total. The summed E-state index contributed by atoms with van der Waals surface area (Å²) < 4.78 is 0. The van der Waals surface area contributed by atoms with Gasteiger partial charge < -0.3 is 9.80 Å². The van der Waals surface area contributed by atoms with Crippen molar-refractivity contribution in [1.82, 2.24) is 15.0 Å². The first-order valence-corrected chi connectivity index (χ1v) is 15.6. The summed E-state index contributed by atoms with van der Waals surface area (Å²) in [5, 5.41) is 0. The Morgan fingerprint density at radius 3 is 1.33 bits per heavy atom. The van der Waals surface area contributed by atoms with Gasteiger partial charge in [-0.05, 0) is 58.7 Å². The molecule has 5 heteroatoms. The molecular formula is C41H31N5. The summed E-state index contributed by atoms with van der Waals surface area (Å²) in [6.45, 7) is 1.41. The van der Waals surface area contributed by atoms with Gasteiger partial charge in [0.05, 0.1) is 17.1 Å². The van der Waals surface area contributed by atoms with Crippen LogP contribution in [0.2, 0.25) is 0 Å². The molecule has 0 saturated heterocycles. The predicted octanol–water partition coefficient (Wildman–Crippen LogP) is 9.83. The van der Waals surface area contributed by atoms with Crippen molar-refractivity contribution >= 4 is 23.1 Å². The standard InChI is InChI=1S/C41H31N5/c1-5-14-30(15-6-1)34-26-36(32-18-9-3-10-19-32)43-39(28-34)45-24-25-46(41-38(45)22-13-23-42-41)40-29-35(31-16-7-2-8-17-31)27-37(44-40)33-20-11-4-12-21-33/h1-23,26-29H,24-25H2. The number of aromatic nitrogens is 3. The van der Waals surface area contributed by atoms with Crippen LogP contribution in [0.4, 0.5) is 23.1 Å². The van der Waals surface area contributed by atoms with Crippen molar-refractivity contribution in [2.75, 3.05) is 22.9 Å². The fourth-order valence-electron chi connectivity index (χ4n) is 6.11. The van der Waals surface area contributed by atoms with Crippen molar-refractivity contribution in [1.29, 1.82) is 0 Å². The van der Waals surface area contributed by atoms with Gasteiger partial charge in [0.15, 0.2) is 5.82 Å². The van der Waals surface area contributed by atoms with E-state index in [2.05, 4.69) is 143 Å². The van der Waals surface area contributed by atoms with Gasteiger partial charge in [-0.2, -0.15) is 0 Å². The quantitative estimate of drug-likeness (QED) is 0.192. The maximum absolute atomic E-state index is 5.22. The first-order valence-electron chi connectivity index (χ1n) is 15.6. The second-order valence-electron chi connectivity index (χ2n) is 11.3. The summed E-state index contributed by atoms with van der Waals surface area (Å²) in [4.78, 5) is 19.9. The van der Waals surface area contributed by atoms with Gasteiger partial charge >= 0.3 is 0 Å². The van der Waals surface area contributed by atoms with E-state index in [1.807, 2.05) is 30.5 Å². The van der Waals surface area contributed by atoms with Crippen LogP contribution >= 0.6 is 0 Å². The van der Waals surface area contributed by atoms with Gasteiger partial charge in [-0.1, -0.05) is 121 Å². The molecule has 220 valence electrons. The van der Waals surface area contributed by atoms with E-state index in [1.165, 1.54) is 0 Å². The van der Waals surface area contributed by atoms with Crippen LogP contribution in [0.5, 0.6) is 0 Å². The lowest BCUT2D eigenvalue weighted by Gasteiger charge is -2.37. The third-order valence-corrected chi connectivity index (χ3v) is 8.39. The largest absolute Gasteiger partial charge is 0.321 e. The Morgan fingerprint density at radius 1 is 0.391 bits per heavy atom. The van der Waals surface area contributed by atoms with Gasteiger partial charge in [0.2, 0.25) is 0 Å². The monoisotopic (exact) mass is 593 g/mol. The molecule has 0 atom stereocenters. The third-order valence-electron chi connectivity index (χ3n) is 8.39. The lowest BCUT2D eigenvalue weighted by atomic mass is 10.0. The SMILES string of the molecule is c1ccc(-c2cc(-c3ccccc3)nc(N3CCN(c4cc(-c5ccccc5)cc(-c5ccccc5)n4)c4ncccc43)c2)cc1. The van der Waals surface area contributed by atoms with Crippen molar-refractivity contribution in [3.63, 3.8) is 0 Å². The Balaban J connectivity index is 1.24. The van der Waals surface area contributed by atoms with E-state index in [1.54, 1.807) is 0 Å². The number of fused-ring (bicyclic) bond motifs is 1. The maximum atomic E-state index is 5.22. The Labute approximate surface area is 269 Å². The highest BCUT2D eigenvalue weighted by molar-refractivity contribution is 5.84. The zero-order valence-electron chi connectivity index (χ0n) is 25.2. The van der Waals surface area contributed by atoms with E-state index < -0.39 is 0 Å². The summed E-state index contributed by atoms with van der Waals surface area (Å²) in [5.74, 6) is 2.62. The fraction of sp³-hybridized carbons (Fsp3) is 0.0488. The van der Waals surface area contributed by atoms with Crippen LogP contribution in [-0.2, 0) is 0 Å².